The molecule has 0 bridgehead atoms. The first-order valence-corrected chi connectivity index (χ1v) is 4.48. The highest BCUT2D eigenvalue weighted by molar-refractivity contribution is 7.16. The van der Waals surface area contributed by atoms with E-state index in [1.165, 1.54) is 25.9 Å². The van der Waals surface area contributed by atoms with Crippen molar-refractivity contribution in [3.8, 4) is 0 Å². The van der Waals surface area contributed by atoms with E-state index in [1.807, 2.05) is 0 Å². The smallest absolute Gasteiger partial charge is 0.332 e. The fraction of sp³-hybridized carbons (Fsp3) is 0.857. The van der Waals surface area contributed by atoms with Crippen LogP contribution in [0.25, 0.3) is 0 Å². The molecule has 0 spiro atoms. The number of rotatable bonds is 3. The first-order valence-electron chi connectivity index (χ1n) is 3.67. The molecule has 0 fully saturated rings. The summed E-state index contributed by atoms with van der Waals surface area (Å²) in [5, 5.41) is 15.8. The first kappa shape index (κ1) is 13.4. The number of aliphatic hydroxyl groups excluding tert-OH is 1. The van der Waals surface area contributed by atoms with Crippen LogP contribution in [0.2, 0.25) is 0 Å². The molecular weight excluding hydrogens is 163 g/mol. The van der Waals surface area contributed by atoms with E-state index < -0.39 is 12.1 Å². The predicted molar refractivity (Wildman–Crippen MR) is 48.8 cm³/mol. The Labute approximate surface area is 70.0 Å². The molecule has 0 aromatic carbocycles. The molecule has 0 saturated heterocycles. The van der Waals surface area contributed by atoms with Gasteiger partial charge in [-0.15, -0.1) is 9.24 Å². The van der Waals surface area contributed by atoms with Gasteiger partial charge in [-0.05, 0) is 13.1 Å². The summed E-state index contributed by atoms with van der Waals surface area (Å²) in [5.41, 5.74) is 0. The Bertz CT molecular complexity index is 91.7. The van der Waals surface area contributed by atoms with Crippen LogP contribution in [0.15, 0.2) is 0 Å². The van der Waals surface area contributed by atoms with E-state index >= 15 is 0 Å². The zero-order valence-corrected chi connectivity index (χ0v) is 8.23. The molecule has 0 aliphatic heterocycles. The lowest BCUT2D eigenvalue weighted by Crippen LogP contribution is -2.13. The summed E-state index contributed by atoms with van der Waals surface area (Å²) < 4.78 is 0. The zero-order chi connectivity index (χ0) is 9.28. The van der Waals surface area contributed by atoms with E-state index in [1.54, 1.807) is 0 Å². The third-order valence-electron chi connectivity index (χ3n) is 0.915. The van der Waals surface area contributed by atoms with Crippen LogP contribution in [-0.2, 0) is 4.79 Å². The predicted octanol–water partition coefficient (Wildman–Crippen LogP) is 1.11. The van der Waals surface area contributed by atoms with Crippen LogP contribution in [0, 0.1) is 0 Å². The maximum absolute atomic E-state index is 9.45. The highest BCUT2D eigenvalue weighted by atomic mass is 31.0. The monoisotopic (exact) mass is 180 g/mol. The van der Waals surface area contributed by atoms with Crippen molar-refractivity contribution in [1.82, 2.24) is 0 Å². The molecule has 0 amide bonds. The van der Waals surface area contributed by atoms with E-state index in [0.717, 1.165) is 0 Å². The molecule has 3 nitrogen and oxygen atoms in total. The maximum atomic E-state index is 9.45. The number of carbonyl (C=O) groups is 1. The molecule has 0 aromatic rings. The Balaban J connectivity index is 0. The van der Waals surface area contributed by atoms with Crippen molar-refractivity contribution >= 4 is 15.2 Å². The number of hydrogen-bond donors (Lipinski definition) is 2. The maximum Gasteiger partial charge on any atom is 0.332 e. The minimum atomic E-state index is -1.23. The summed E-state index contributed by atoms with van der Waals surface area (Å²) in [6, 6.07) is 0. The largest absolute Gasteiger partial charge is 0.479 e. The summed E-state index contributed by atoms with van der Waals surface area (Å²) in [7, 11) is 2.70. The van der Waals surface area contributed by atoms with Crippen LogP contribution in [0.4, 0.5) is 0 Å². The van der Waals surface area contributed by atoms with E-state index in [-0.39, 0.29) is 0 Å². The van der Waals surface area contributed by atoms with Crippen LogP contribution in [-0.4, -0.2) is 28.4 Å². The standard InChI is InChI=1S/C4H11P.C3H6O3/c1-2-3-4-5;1-2(4)3(5)6/h2-5H2,1H3;2,4H,1H3,(H,5,6). The van der Waals surface area contributed by atoms with E-state index in [4.69, 9.17) is 10.2 Å². The van der Waals surface area contributed by atoms with Gasteiger partial charge in [0, 0.05) is 0 Å². The van der Waals surface area contributed by atoms with E-state index in [0.29, 0.717) is 0 Å². The molecule has 4 heteroatoms. The minimum absolute atomic E-state index is 1.19. The second kappa shape index (κ2) is 9.86. The molecule has 0 saturated carbocycles. The van der Waals surface area contributed by atoms with Gasteiger partial charge in [0.05, 0.1) is 0 Å². The van der Waals surface area contributed by atoms with Crippen LogP contribution in [0.5, 0.6) is 0 Å². The number of carboxylic acids is 1. The topological polar surface area (TPSA) is 57.5 Å². The summed E-state index contributed by atoms with van der Waals surface area (Å²) in [6.45, 7) is 3.40. The quantitative estimate of drug-likeness (QED) is 0.640. The summed E-state index contributed by atoms with van der Waals surface area (Å²) in [5.74, 6) is -1.19. The van der Waals surface area contributed by atoms with Crippen LogP contribution in [0.1, 0.15) is 26.7 Å². The Morgan fingerprint density at radius 1 is 1.64 bits per heavy atom. The fourth-order valence-electron chi connectivity index (χ4n) is 0.204. The lowest BCUT2D eigenvalue weighted by Gasteiger charge is -1.89. The highest BCUT2D eigenvalue weighted by Gasteiger charge is 2.01. The third kappa shape index (κ3) is 17.7. The summed E-state index contributed by atoms with van der Waals surface area (Å²) in [6.07, 6.45) is 2.70. The minimum Gasteiger partial charge on any atom is -0.479 e. The zero-order valence-electron chi connectivity index (χ0n) is 7.08. The van der Waals surface area contributed by atoms with Gasteiger partial charge in [0.2, 0.25) is 0 Å². The van der Waals surface area contributed by atoms with Crippen molar-refractivity contribution in [2.24, 2.45) is 0 Å². The number of unbranched alkanes of at least 4 members (excludes halogenated alkanes) is 1. The third-order valence-corrected chi connectivity index (χ3v) is 1.32. The van der Waals surface area contributed by atoms with Gasteiger partial charge < -0.3 is 10.2 Å². The van der Waals surface area contributed by atoms with Gasteiger partial charge in [-0.25, -0.2) is 4.79 Å². The van der Waals surface area contributed by atoms with Crippen LogP contribution in [0.3, 0.4) is 0 Å². The average molecular weight is 180 g/mol. The van der Waals surface area contributed by atoms with Crippen molar-refractivity contribution < 1.29 is 15.0 Å². The normalized spacial score (nSPS) is 11.3. The van der Waals surface area contributed by atoms with Crippen LogP contribution < -0.4 is 0 Å². The van der Waals surface area contributed by atoms with Crippen molar-refractivity contribution in [3.05, 3.63) is 0 Å². The van der Waals surface area contributed by atoms with Gasteiger partial charge in [-0.3, -0.25) is 0 Å². The molecule has 0 heterocycles. The van der Waals surface area contributed by atoms with Crippen molar-refractivity contribution in [3.63, 3.8) is 0 Å². The van der Waals surface area contributed by atoms with Crippen molar-refractivity contribution in [2.45, 2.75) is 32.8 Å². The van der Waals surface area contributed by atoms with Gasteiger partial charge in [-0.2, -0.15) is 0 Å². The molecule has 2 unspecified atom stereocenters. The molecule has 0 aliphatic carbocycles. The number of aliphatic hydroxyl groups is 1. The van der Waals surface area contributed by atoms with E-state index in [9.17, 15) is 4.79 Å². The van der Waals surface area contributed by atoms with Gasteiger partial charge in [0.25, 0.3) is 0 Å². The molecule has 0 aromatic heterocycles. The summed E-state index contributed by atoms with van der Waals surface area (Å²) >= 11 is 0. The van der Waals surface area contributed by atoms with Gasteiger partial charge in [0.1, 0.15) is 6.10 Å². The number of hydrogen-bond acceptors (Lipinski definition) is 2. The average Bonchev–Trinajstić information content (AvgIpc) is 1.90. The summed E-state index contributed by atoms with van der Waals surface area (Å²) in [4.78, 5) is 9.45. The Morgan fingerprint density at radius 3 is 2.00 bits per heavy atom. The van der Waals surface area contributed by atoms with Gasteiger partial charge >= 0.3 is 5.97 Å². The molecular formula is C7H17O3P. The first-order chi connectivity index (χ1) is 5.06. The molecule has 0 aliphatic rings. The van der Waals surface area contributed by atoms with Gasteiger partial charge in [0.15, 0.2) is 0 Å². The molecule has 2 atom stereocenters. The Kier molecular flexibility index (Phi) is 12.1. The van der Waals surface area contributed by atoms with Crippen LogP contribution >= 0.6 is 9.24 Å². The Morgan fingerprint density at radius 2 is 2.00 bits per heavy atom. The lowest BCUT2D eigenvalue weighted by molar-refractivity contribution is -0.145. The number of aliphatic carboxylic acids is 1. The molecule has 0 rings (SSSR count). The lowest BCUT2D eigenvalue weighted by atomic mass is 10.4. The molecule has 2 N–H and O–H groups in total. The molecule has 0 radical (unpaired) electrons. The van der Waals surface area contributed by atoms with Gasteiger partial charge in [-0.1, -0.05) is 19.8 Å². The van der Waals surface area contributed by atoms with Crippen molar-refractivity contribution in [1.29, 1.82) is 0 Å². The fourth-order valence-corrected chi connectivity index (χ4v) is 0.612. The number of carboxylic acid groups (broad SMARTS) is 1. The SMILES string of the molecule is CC(O)C(=O)O.CCCCP. The second-order valence-electron chi connectivity index (χ2n) is 2.16. The Hall–Kier alpha value is -0.140. The molecule has 68 valence electrons. The van der Waals surface area contributed by atoms with Crippen molar-refractivity contribution in [2.75, 3.05) is 6.16 Å². The van der Waals surface area contributed by atoms with E-state index in [2.05, 4.69) is 16.2 Å². The molecule has 11 heavy (non-hydrogen) atoms. The highest BCUT2D eigenvalue weighted by Crippen LogP contribution is 1.89. The second-order valence-corrected chi connectivity index (χ2v) is 2.73.